The molecule has 0 N–H and O–H groups in total. The standard InChI is InChI=1S/C20H17BrN4O2/c1-23-16-12-25(11-13-6-5-9-22-10-13)18(14-7-3-4-8-15(14)21)17(16)19(26)24(2)20(23)27/h3-10,12H,11H2,1-2H3. The molecule has 3 heterocycles. The SMILES string of the molecule is Cn1c(=O)c2c(-c3ccccc3Br)n(Cc3cccnc3)cc2n(C)c1=O. The Morgan fingerprint density at radius 3 is 2.52 bits per heavy atom. The molecule has 1 aromatic carbocycles. The number of hydrogen-bond donors (Lipinski definition) is 0. The smallest absolute Gasteiger partial charge is 0.330 e. The third-order valence-corrected chi connectivity index (χ3v) is 5.41. The van der Waals surface area contributed by atoms with Gasteiger partial charge in [0.1, 0.15) is 0 Å². The molecule has 0 saturated carbocycles. The van der Waals surface area contributed by atoms with E-state index in [-0.39, 0.29) is 11.2 Å². The van der Waals surface area contributed by atoms with Crippen molar-refractivity contribution in [3.8, 4) is 11.3 Å². The maximum absolute atomic E-state index is 13.0. The monoisotopic (exact) mass is 424 g/mol. The first-order chi connectivity index (χ1) is 13.0. The van der Waals surface area contributed by atoms with Crippen LogP contribution < -0.4 is 11.2 Å². The van der Waals surface area contributed by atoms with E-state index in [0.29, 0.717) is 17.4 Å². The van der Waals surface area contributed by atoms with Gasteiger partial charge in [0.2, 0.25) is 0 Å². The number of hydrogen-bond acceptors (Lipinski definition) is 3. The lowest BCUT2D eigenvalue weighted by Gasteiger charge is -2.11. The van der Waals surface area contributed by atoms with Gasteiger partial charge in [-0.15, -0.1) is 0 Å². The third kappa shape index (κ3) is 2.84. The summed E-state index contributed by atoms with van der Waals surface area (Å²) in [4.78, 5) is 29.5. The van der Waals surface area contributed by atoms with Gasteiger partial charge in [0, 0.05) is 49.3 Å². The normalized spacial score (nSPS) is 11.2. The van der Waals surface area contributed by atoms with Crippen molar-refractivity contribution >= 4 is 26.8 Å². The van der Waals surface area contributed by atoms with Crippen LogP contribution in [0.2, 0.25) is 0 Å². The molecule has 6 nitrogen and oxygen atoms in total. The van der Waals surface area contributed by atoms with Crippen LogP contribution in [0.1, 0.15) is 5.56 Å². The number of benzene rings is 1. The highest BCUT2D eigenvalue weighted by Gasteiger charge is 2.20. The van der Waals surface area contributed by atoms with Gasteiger partial charge in [-0.1, -0.05) is 40.2 Å². The molecule has 0 aliphatic heterocycles. The van der Waals surface area contributed by atoms with E-state index in [1.165, 1.54) is 11.6 Å². The van der Waals surface area contributed by atoms with E-state index in [1.54, 1.807) is 19.4 Å². The van der Waals surface area contributed by atoms with Gasteiger partial charge < -0.3 is 4.57 Å². The summed E-state index contributed by atoms with van der Waals surface area (Å²) in [5.74, 6) is 0. The first-order valence-corrected chi connectivity index (χ1v) is 9.21. The van der Waals surface area contributed by atoms with E-state index in [4.69, 9.17) is 0 Å². The lowest BCUT2D eigenvalue weighted by Crippen LogP contribution is -2.36. The molecule has 4 aromatic rings. The van der Waals surface area contributed by atoms with Gasteiger partial charge in [0.25, 0.3) is 5.56 Å². The van der Waals surface area contributed by atoms with Crippen molar-refractivity contribution < 1.29 is 0 Å². The van der Waals surface area contributed by atoms with Crippen molar-refractivity contribution in [3.63, 3.8) is 0 Å². The van der Waals surface area contributed by atoms with E-state index in [0.717, 1.165) is 25.9 Å². The van der Waals surface area contributed by atoms with Gasteiger partial charge in [0.15, 0.2) is 0 Å². The molecule has 4 rings (SSSR count). The topological polar surface area (TPSA) is 61.8 Å². The molecule has 136 valence electrons. The summed E-state index contributed by atoms with van der Waals surface area (Å²) in [6.07, 6.45) is 5.38. The molecule has 7 heteroatoms. The lowest BCUT2D eigenvalue weighted by atomic mass is 10.1. The van der Waals surface area contributed by atoms with E-state index >= 15 is 0 Å². The Kier molecular flexibility index (Phi) is 4.31. The van der Waals surface area contributed by atoms with Crippen LogP contribution >= 0.6 is 15.9 Å². The molecule has 0 bridgehead atoms. The average molecular weight is 425 g/mol. The summed E-state index contributed by atoms with van der Waals surface area (Å²) in [5, 5.41) is 0.524. The summed E-state index contributed by atoms with van der Waals surface area (Å²) in [6, 6.07) is 11.6. The molecule has 3 aromatic heterocycles. The summed E-state index contributed by atoms with van der Waals surface area (Å²) < 4.78 is 5.55. The van der Waals surface area contributed by atoms with Gasteiger partial charge in [-0.3, -0.25) is 18.9 Å². The van der Waals surface area contributed by atoms with Crippen molar-refractivity contribution in [2.75, 3.05) is 0 Å². The van der Waals surface area contributed by atoms with Gasteiger partial charge in [0.05, 0.1) is 16.6 Å². The first-order valence-electron chi connectivity index (χ1n) is 8.41. The Morgan fingerprint density at radius 2 is 1.81 bits per heavy atom. The number of nitrogens with zero attached hydrogens (tertiary/aromatic N) is 4. The summed E-state index contributed by atoms with van der Waals surface area (Å²) in [7, 11) is 3.19. The minimum atomic E-state index is -0.343. The molecule has 0 radical (unpaired) electrons. The number of aromatic nitrogens is 4. The Morgan fingerprint density at radius 1 is 1.04 bits per heavy atom. The Bertz CT molecular complexity index is 1270. The Hall–Kier alpha value is -2.93. The number of halogens is 1. The fourth-order valence-corrected chi connectivity index (χ4v) is 3.82. The second-order valence-electron chi connectivity index (χ2n) is 6.41. The number of aryl methyl sites for hydroxylation is 1. The van der Waals surface area contributed by atoms with Crippen LogP contribution in [0.3, 0.4) is 0 Å². The molecule has 0 aliphatic carbocycles. The molecule has 0 unspecified atom stereocenters. The van der Waals surface area contributed by atoms with Crippen molar-refractivity contribution in [2.24, 2.45) is 14.1 Å². The van der Waals surface area contributed by atoms with Crippen molar-refractivity contribution in [1.82, 2.24) is 18.7 Å². The van der Waals surface area contributed by atoms with E-state index in [9.17, 15) is 9.59 Å². The van der Waals surface area contributed by atoms with Crippen LogP contribution in [0.5, 0.6) is 0 Å². The first kappa shape index (κ1) is 17.5. The molecule has 0 spiro atoms. The minimum Gasteiger partial charge on any atom is -0.340 e. The lowest BCUT2D eigenvalue weighted by molar-refractivity contribution is 0.714. The minimum absolute atomic E-state index is 0.302. The fraction of sp³-hybridized carbons (Fsp3) is 0.150. The molecule has 0 atom stereocenters. The number of pyridine rings is 1. The maximum atomic E-state index is 13.0. The van der Waals surface area contributed by atoms with Crippen molar-refractivity contribution in [2.45, 2.75) is 6.54 Å². The zero-order chi connectivity index (χ0) is 19.1. The molecular formula is C20H17BrN4O2. The summed E-state index contributed by atoms with van der Waals surface area (Å²) in [5.41, 5.74) is 2.64. The van der Waals surface area contributed by atoms with Gasteiger partial charge in [-0.2, -0.15) is 0 Å². The van der Waals surface area contributed by atoms with E-state index < -0.39 is 0 Å². The molecule has 27 heavy (non-hydrogen) atoms. The summed E-state index contributed by atoms with van der Waals surface area (Å²) >= 11 is 3.60. The fourth-order valence-electron chi connectivity index (χ4n) is 3.35. The van der Waals surface area contributed by atoms with Crippen LogP contribution in [0.15, 0.2) is 69.1 Å². The highest BCUT2D eigenvalue weighted by Crippen LogP contribution is 2.33. The second kappa shape index (κ2) is 6.66. The van der Waals surface area contributed by atoms with Gasteiger partial charge in [-0.25, -0.2) is 4.79 Å². The number of fused-ring (bicyclic) bond motifs is 1. The second-order valence-corrected chi connectivity index (χ2v) is 7.27. The molecule has 0 aliphatic rings. The van der Waals surface area contributed by atoms with Crippen molar-refractivity contribution in [1.29, 1.82) is 0 Å². The quantitative estimate of drug-likeness (QED) is 0.507. The zero-order valence-electron chi connectivity index (χ0n) is 14.9. The highest BCUT2D eigenvalue weighted by molar-refractivity contribution is 9.10. The highest BCUT2D eigenvalue weighted by atomic mass is 79.9. The van der Waals surface area contributed by atoms with Crippen LogP contribution in [-0.2, 0) is 20.6 Å². The predicted molar refractivity (Wildman–Crippen MR) is 109 cm³/mol. The van der Waals surface area contributed by atoms with Crippen LogP contribution in [0.25, 0.3) is 22.2 Å². The van der Waals surface area contributed by atoms with Gasteiger partial charge >= 0.3 is 5.69 Å². The van der Waals surface area contributed by atoms with Crippen molar-refractivity contribution in [3.05, 3.63) is 85.9 Å². The largest absolute Gasteiger partial charge is 0.340 e. The molecule has 0 amide bonds. The van der Waals surface area contributed by atoms with Gasteiger partial charge in [-0.05, 0) is 17.7 Å². The van der Waals surface area contributed by atoms with Crippen LogP contribution in [-0.4, -0.2) is 18.7 Å². The predicted octanol–water partition coefficient (Wildman–Crippen LogP) is 2.91. The average Bonchev–Trinajstić information content (AvgIpc) is 3.05. The zero-order valence-corrected chi connectivity index (χ0v) is 16.5. The molecule has 0 fully saturated rings. The van der Waals surface area contributed by atoms with E-state index in [1.807, 2.05) is 47.2 Å². The summed E-state index contributed by atoms with van der Waals surface area (Å²) in [6.45, 7) is 0.538. The molecular weight excluding hydrogens is 408 g/mol. The maximum Gasteiger partial charge on any atom is 0.330 e. The Labute approximate surface area is 163 Å². The van der Waals surface area contributed by atoms with Crippen LogP contribution in [0.4, 0.5) is 0 Å². The third-order valence-electron chi connectivity index (χ3n) is 4.72. The Balaban J connectivity index is 2.11. The number of rotatable bonds is 3. The molecule has 0 saturated heterocycles. The van der Waals surface area contributed by atoms with E-state index in [2.05, 4.69) is 20.9 Å². The van der Waals surface area contributed by atoms with Crippen LogP contribution in [0, 0.1) is 0 Å².